The van der Waals surface area contributed by atoms with Crippen LogP contribution in [0.3, 0.4) is 0 Å². The van der Waals surface area contributed by atoms with Crippen molar-refractivity contribution < 1.29 is 9.53 Å². The molecule has 1 saturated heterocycles. The van der Waals surface area contributed by atoms with Gasteiger partial charge in [-0.25, -0.2) is 0 Å². The fraction of sp³-hybridized carbons (Fsp3) is 0.350. The minimum atomic E-state index is -0.290. The molecule has 0 aliphatic carbocycles. The third-order valence-corrected chi connectivity index (χ3v) is 4.90. The molecule has 1 heterocycles. The number of rotatable bonds is 6. The molecule has 3 rings (SSSR count). The monoisotopic (exact) mass is 373 g/mol. The molecule has 2 aromatic carbocycles. The zero-order valence-electron chi connectivity index (χ0n) is 14.8. The highest BCUT2D eigenvalue weighted by molar-refractivity contribution is 6.30. The van der Waals surface area contributed by atoms with E-state index in [1.54, 1.807) is 7.11 Å². The molecular weight excluding hydrogens is 350 g/mol. The van der Waals surface area contributed by atoms with E-state index in [0.717, 1.165) is 36.5 Å². The topological polar surface area (TPSA) is 67.6 Å². The van der Waals surface area contributed by atoms with E-state index >= 15 is 0 Å². The largest absolute Gasteiger partial charge is 0.495 e. The van der Waals surface area contributed by atoms with Crippen molar-refractivity contribution in [2.75, 3.05) is 25.1 Å². The molecule has 6 heteroatoms. The number of amides is 1. The van der Waals surface area contributed by atoms with Crippen LogP contribution >= 0.6 is 11.6 Å². The number of nitrogens with one attached hydrogen (secondary N) is 1. The first-order valence-corrected chi connectivity index (χ1v) is 9.13. The quantitative estimate of drug-likeness (QED) is 0.816. The molecule has 0 bridgehead atoms. The summed E-state index contributed by atoms with van der Waals surface area (Å²) in [4.78, 5) is 14.5. The molecule has 0 radical (unpaired) electrons. The summed E-state index contributed by atoms with van der Waals surface area (Å²) < 4.78 is 5.43. The van der Waals surface area contributed by atoms with Crippen molar-refractivity contribution in [2.45, 2.75) is 24.9 Å². The highest BCUT2D eigenvalue weighted by atomic mass is 35.5. The van der Waals surface area contributed by atoms with Gasteiger partial charge in [-0.1, -0.05) is 41.9 Å². The SMILES string of the molecule is COc1ccc(Cl)cc1N1CCC(NC(=O)CC(N)c2ccccc2)C1. The number of halogens is 1. The first-order chi connectivity index (χ1) is 12.6. The van der Waals surface area contributed by atoms with E-state index in [-0.39, 0.29) is 24.4 Å². The zero-order chi connectivity index (χ0) is 18.5. The third-order valence-electron chi connectivity index (χ3n) is 4.67. The molecule has 5 nitrogen and oxygen atoms in total. The number of hydrogen-bond acceptors (Lipinski definition) is 4. The third kappa shape index (κ3) is 4.48. The van der Waals surface area contributed by atoms with Gasteiger partial charge < -0.3 is 20.7 Å². The van der Waals surface area contributed by atoms with Gasteiger partial charge in [0.15, 0.2) is 0 Å². The molecule has 0 saturated carbocycles. The van der Waals surface area contributed by atoms with Crippen LogP contribution < -0.4 is 20.7 Å². The highest BCUT2D eigenvalue weighted by Gasteiger charge is 2.26. The van der Waals surface area contributed by atoms with Crippen LogP contribution in [-0.2, 0) is 4.79 Å². The van der Waals surface area contributed by atoms with Gasteiger partial charge >= 0.3 is 0 Å². The Balaban J connectivity index is 1.56. The number of benzene rings is 2. The molecule has 1 amide bonds. The molecule has 2 aromatic rings. The maximum atomic E-state index is 12.3. The summed E-state index contributed by atoms with van der Waals surface area (Å²) in [5.41, 5.74) is 8.07. The standard InChI is InChI=1S/C20H24ClN3O2/c1-26-19-8-7-15(21)11-18(19)24-10-9-16(13-24)23-20(25)12-17(22)14-5-3-2-4-6-14/h2-8,11,16-17H,9-10,12-13,22H2,1H3,(H,23,25). The molecule has 3 N–H and O–H groups in total. The zero-order valence-corrected chi connectivity index (χ0v) is 15.6. The van der Waals surface area contributed by atoms with Gasteiger partial charge in [-0.05, 0) is 30.2 Å². The first kappa shape index (κ1) is 18.5. The summed E-state index contributed by atoms with van der Waals surface area (Å²) in [7, 11) is 1.65. The lowest BCUT2D eigenvalue weighted by atomic mass is 10.0. The Kier molecular flexibility index (Phi) is 6.01. The van der Waals surface area contributed by atoms with Gasteiger partial charge in [-0.15, -0.1) is 0 Å². The lowest BCUT2D eigenvalue weighted by Gasteiger charge is -2.22. The van der Waals surface area contributed by atoms with Gasteiger partial charge in [-0.3, -0.25) is 4.79 Å². The predicted molar refractivity (Wildman–Crippen MR) is 105 cm³/mol. The number of ether oxygens (including phenoxy) is 1. The van der Waals surface area contributed by atoms with E-state index in [4.69, 9.17) is 22.1 Å². The second-order valence-electron chi connectivity index (χ2n) is 6.54. The van der Waals surface area contributed by atoms with Crippen LogP contribution in [0.2, 0.25) is 5.02 Å². The highest BCUT2D eigenvalue weighted by Crippen LogP contribution is 2.33. The maximum Gasteiger partial charge on any atom is 0.222 e. The Morgan fingerprint density at radius 1 is 1.35 bits per heavy atom. The van der Waals surface area contributed by atoms with E-state index < -0.39 is 0 Å². The van der Waals surface area contributed by atoms with Crippen molar-refractivity contribution in [1.82, 2.24) is 5.32 Å². The van der Waals surface area contributed by atoms with Crippen molar-refractivity contribution in [3.63, 3.8) is 0 Å². The Labute approximate surface area is 159 Å². The molecule has 2 unspecified atom stereocenters. The van der Waals surface area contributed by atoms with Gasteiger partial charge in [0.2, 0.25) is 5.91 Å². The second kappa shape index (κ2) is 8.43. The van der Waals surface area contributed by atoms with E-state index in [1.807, 2.05) is 48.5 Å². The average Bonchev–Trinajstić information content (AvgIpc) is 3.10. The Morgan fingerprint density at radius 3 is 2.85 bits per heavy atom. The number of nitrogens with zero attached hydrogens (tertiary/aromatic N) is 1. The maximum absolute atomic E-state index is 12.3. The average molecular weight is 374 g/mol. The number of hydrogen-bond donors (Lipinski definition) is 2. The van der Waals surface area contributed by atoms with E-state index in [9.17, 15) is 4.79 Å². The van der Waals surface area contributed by atoms with Crippen LogP contribution in [0.4, 0.5) is 5.69 Å². The van der Waals surface area contributed by atoms with E-state index in [0.29, 0.717) is 5.02 Å². The molecule has 0 spiro atoms. The molecule has 1 aliphatic rings. The minimum absolute atomic E-state index is 0.0220. The number of carbonyl (C=O) groups is 1. The predicted octanol–water partition coefficient (Wildman–Crippen LogP) is 3.13. The summed E-state index contributed by atoms with van der Waals surface area (Å²) in [6.45, 7) is 1.56. The lowest BCUT2D eigenvalue weighted by molar-refractivity contribution is -0.122. The molecule has 1 aliphatic heterocycles. The Hall–Kier alpha value is -2.24. The van der Waals surface area contributed by atoms with Crippen LogP contribution in [0.15, 0.2) is 48.5 Å². The number of nitrogens with two attached hydrogens (primary N) is 1. The molecule has 2 atom stereocenters. The van der Waals surface area contributed by atoms with Crippen molar-refractivity contribution in [2.24, 2.45) is 5.73 Å². The van der Waals surface area contributed by atoms with Gasteiger partial charge in [-0.2, -0.15) is 0 Å². The number of anilines is 1. The number of methoxy groups -OCH3 is 1. The van der Waals surface area contributed by atoms with Gasteiger partial charge in [0.1, 0.15) is 5.75 Å². The molecule has 138 valence electrons. The summed E-state index contributed by atoms with van der Waals surface area (Å²) >= 11 is 6.12. The van der Waals surface area contributed by atoms with Crippen LogP contribution in [0.5, 0.6) is 5.75 Å². The van der Waals surface area contributed by atoms with Crippen LogP contribution in [0.1, 0.15) is 24.4 Å². The van der Waals surface area contributed by atoms with Gasteiger partial charge in [0.25, 0.3) is 0 Å². The van der Waals surface area contributed by atoms with Crippen molar-refractivity contribution in [1.29, 1.82) is 0 Å². The fourth-order valence-corrected chi connectivity index (χ4v) is 3.48. The van der Waals surface area contributed by atoms with Gasteiger partial charge in [0, 0.05) is 36.6 Å². The Bertz CT molecular complexity index is 754. The summed E-state index contributed by atoms with van der Waals surface area (Å²) in [6.07, 6.45) is 1.16. The van der Waals surface area contributed by atoms with Crippen molar-refractivity contribution >= 4 is 23.2 Å². The number of carbonyl (C=O) groups excluding carboxylic acids is 1. The minimum Gasteiger partial charge on any atom is -0.495 e. The molecule has 1 fully saturated rings. The summed E-state index contributed by atoms with van der Waals surface area (Å²) in [6, 6.07) is 15.1. The normalized spacial score (nSPS) is 17.8. The lowest BCUT2D eigenvalue weighted by Crippen LogP contribution is -2.38. The molecular formula is C20H24ClN3O2. The second-order valence-corrected chi connectivity index (χ2v) is 6.97. The van der Waals surface area contributed by atoms with Gasteiger partial charge in [0.05, 0.1) is 12.8 Å². The molecule has 26 heavy (non-hydrogen) atoms. The van der Waals surface area contributed by atoms with E-state index in [2.05, 4.69) is 10.2 Å². The smallest absolute Gasteiger partial charge is 0.222 e. The van der Waals surface area contributed by atoms with Crippen LogP contribution in [0.25, 0.3) is 0 Å². The first-order valence-electron chi connectivity index (χ1n) is 8.75. The van der Waals surface area contributed by atoms with E-state index in [1.165, 1.54) is 0 Å². The van der Waals surface area contributed by atoms with Crippen LogP contribution in [-0.4, -0.2) is 32.1 Å². The fourth-order valence-electron chi connectivity index (χ4n) is 3.31. The summed E-state index contributed by atoms with van der Waals surface area (Å²) in [5, 5.41) is 3.77. The van der Waals surface area contributed by atoms with Crippen molar-refractivity contribution in [3.8, 4) is 5.75 Å². The van der Waals surface area contributed by atoms with Crippen LogP contribution in [0, 0.1) is 0 Å². The summed E-state index contributed by atoms with van der Waals surface area (Å²) in [5.74, 6) is 0.763. The Morgan fingerprint density at radius 2 is 2.12 bits per heavy atom. The van der Waals surface area contributed by atoms with Crippen molar-refractivity contribution in [3.05, 3.63) is 59.1 Å². The molecule has 0 aromatic heterocycles.